The molecule has 0 saturated heterocycles. The molecule has 2 rings (SSSR count). The third kappa shape index (κ3) is 6.35. The maximum Gasteiger partial charge on any atom is 0.340 e. The maximum absolute atomic E-state index is 12.6. The van der Waals surface area contributed by atoms with Gasteiger partial charge in [0, 0.05) is 24.7 Å². The van der Waals surface area contributed by atoms with Gasteiger partial charge < -0.3 is 15.0 Å². The Morgan fingerprint density at radius 2 is 1.79 bits per heavy atom. The van der Waals surface area contributed by atoms with Gasteiger partial charge >= 0.3 is 5.97 Å². The average Bonchev–Trinajstić information content (AvgIpc) is 2.68. The van der Waals surface area contributed by atoms with Gasteiger partial charge in [0.2, 0.25) is 5.91 Å². The number of benzene rings is 2. The van der Waals surface area contributed by atoms with E-state index >= 15 is 0 Å². The van der Waals surface area contributed by atoms with Crippen LogP contribution in [0, 0.1) is 13.8 Å². The molecular formula is C22H26N2O4S. The van der Waals surface area contributed by atoms with Gasteiger partial charge in [-0.1, -0.05) is 24.3 Å². The number of rotatable bonds is 7. The van der Waals surface area contributed by atoms with E-state index in [2.05, 4.69) is 5.32 Å². The number of carbonyl (C=O) groups is 3. The molecule has 0 spiro atoms. The molecule has 0 radical (unpaired) electrons. The first-order valence-corrected chi connectivity index (χ1v) is 10.2. The van der Waals surface area contributed by atoms with Gasteiger partial charge in [-0.15, -0.1) is 11.8 Å². The van der Waals surface area contributed by atoms with Crippen LogP contribution in [0.2, 0.25) is 0 Å². The van der Waals surface area contributed by atoms with Crippen LogP contribution in [-0.2, 0) is 14.3 Å². The number of nitrogens with zero attached hydrogens (tertiary/aromatic N) is 1. The Hall–Kier alpha value is -2.80. The lowest BCUT2D eigenvalue weighted by Gasteiger charge is -2.16. The van der Waals surface area contributed by atoms with Crippen molar-refractivity contribution in [2.24, 2.45) is 0 Å². The van der Waals surface area contributed by atoms with Crippen LogP contribution in [0.25, 0.3) is 0 Å². The van der Waals surface area contributed by atoms with Gasteiger partial charge in [-0.25, -0.2) is 4.79 Å². The van der Waals surface area contributed by atoms with E-state index in [1.165, 1.54) is 23.6 Å². The van der Waals surface area contributed by atoms with Crippen molar-refractivity contribution in [1.82, 2.24) is 4.90 Å². The molecule has 1 N–H and O–H groups in total. The van der Waals surface area contributed by atoms with Crippen LogP contribution in [0.4, 0.5) is 5.69 Å². The number of aryl methyl sites for hydroxylation is 2. The van der Waals surface area contributed by atoms with E-state index in [1.807, 2.05) is 32.0 Å². The molecule has 0 aliphatic heterocycles. The first kappa shape index (κ1) is 22.5. The summed E-state index contributed by atoms with van der Waals surface area (Å²) < 4.78 is 5.38. The van der Waals surface area contributed by atoms with Crippen molar-refractivity contribution in [1.29, 1.82) is 0 Å². The summed E-state index contributed by atoms with van der Waals surface area (Å²) in [6, 6.07) is 12.6. The van der Waals surface area contributed by atoms with E-state index in [0.29, 0.717) is 16.1 Å². The first-order chi connectivity index (χ1) is 13.7. The second-order valence-corrected chi connectivity index (χ2v) is 7.95. The molecule has 2 aromatic rings. The summed E-state index contributed by atoms with van der Waals surface area (Å²) in [6.45, 7) is 5.37. The lowest BCUT2D eigenvalue weighted by Crippen LogP contribution is -2.30. The van der Waals surface area contributed by atoms with Crippen LogP contribution in [-0.4, -0.2) is 48.6 Å². The summed E-state index contributed by atoms with van der Waals surface area (Å²) in [5, 5.41) is 2.80. The maximum atomic E-state index is 12.6. The Morgan fingerprint density at radius 1 is 1.10 bits per heavy atom. The minimum Gasteiger partial charge on any atom is -0.449 e. The van der Waals surface area contributed by atoms with Gasteiger partial charge in [-0.3, -0.25) is 9.59 Å². The summed E-state index contributed by atoms with van der Waals surface area (Å²) in [7, 11) is 3.36. The van der Waals surface area contributed by atoms with E-state index < -0.39 is 18.0 Å². The molecule has 0 fully saturated rings. The molecule has 0 saturated carbocycles. The summed E-state index contributed by atoms with van der Waals surface area (Å²) in [5.74, 6) is -0.853. The number of hydrogen-bond acceptors (Lipinski definition) is 5. The zero-order valence-electron chi connectivity index (χ0n) is 17.3. The van der Waals surface area contributed by atoms with Gasteiger partial charge in [-0.05, 0) is 50.1 Å². The number of hydrogen-bond donors (Lipinski definition) is 1. The van der Waals surface area contributed by atoms with E-state index in [0.717, 1.165) is 11.1 Å². The Labute approximate surface area is 175 Å². The number of nitrogens with one attached hydrogen (secondary N) is 1. The van der Waals surface area contributed by atoms with Crippen molar-refractivity contribution in [3.8, 4) is 0 Å². The molecule has 154 valence electrons. The fraction of sp³-hybridized carbons (Fsp3) is 0.318. The highest BCUT2D eigenvalue weighted by Gasteiger charge is 2.22. The molecule has 2 amide bonds. The van der Waals surface area contributed by atoms with Crippen LogP contribution >= 0.6 is 11.8 Å². The SMILES string of the molecule is Cc1ccc(C)c(NC(=O)[C@H](C)OC(=O)c2ccccc2SCC(=O)N(C)C)c1. The van der Waals surface area contributed by atoms with Crippen LogP contribution in [0.15, 0.2) is 47.4 Å². The number of thioether (sulfide) groups is 1. The molecule has 0 aliphatic rings. The molecular weight excluding hydrogens is 388 g/mol. The standard InChI is InChI=1S/C22H26N2O4S/c1-14-10-11-15(2)18(12-14)23-21(26)16(3)28-22(27)17-8-6-7-9-19(17)29-13-20(25)24(4)5/h6-12,16H,13H2,1-5H3,(H,23,26)/t16-/m0/s1. The molecule has 2 aromatic carbocycles. The van der Waals surface area contributed by atoms with Gasteiger partial charge in [0.25, 0.3) is 5.91 Å². The van der Waals surface area contributed by atoms with Crippen LogP contribution in [0.3, 0.4) is 0 Å². The topological polar surface area (TPSA) is 75.7 Å². The van der Waals surface area contributed by atoms with Crippen LogP contribution in [0.5, 0.6) is 0 Å². The first-order valence-electron chi connectivity index (χ1n) is 9.20. The van der Waals surface area contributed by atoms with Crippen LogP contribution < -0.4 is 5.32 Å². The number of ether oxygens (including phenoxy) is 1. The highest BCUT2D eigenvalue weighted by Crippen LogP contribution is 2.24. The Kier molecular flexibility index (Phi) is 7.84. The third-order valence-corrected chi connectivity index (χ3v) is 5.32. The molecule has 29 heavy (non-hydrogen) atoms. The predicted octanol–water partition coefficient (Wildman–Crippen LogP) is 3.67. The Morgan fingerprint density at radius 3 is 2.48 bits per heavy atom. The van der Waals surface area contributed by atoms with Crippen LogP contribution in [0.1, 0.15) is 28.4 Å². The fourth-order valence-electron chi connectivity index (χ4n) is 2.41. The minimum atomic E-state index is -0.969. The molecule has 0 aliphatic carbocycles. The zero-order valence-corrected chi connectivity index (χ0v) is 18.1. The second-order valence-electron chi connectivity index (χ2n) is 6.93. The van der Waals surface area contributed by atoms with Gasteiger partial charge in [-0.2, -0.15) is 0 Å². The molecule has 6 nitrogen and oxygen atoms in total. The lowest BCUT2D eigenvalue weighted by molar-refractivity contribution is -0.126. The van der Waals surface area contributed by atoms with Gasteiger partial charge in [0.15, 0.2) is 6.10 Å². The monoisotopic (exact) mass is 414 g/mol. The highest BCUT2D eigenvalue weighted by atomic mass is 32.2. The Bertz CT molecular complexity index is 911. The lowest BCUT2D eigenvalue weighted by atomic mass is 10.1. The van der Waals surface area contributed by atoms with Crippen molar-refractivity contribution in [3.05, 3.63) is 59.2 Å². The van der Waals surface area contributed by atoms with E-state index in [1.54, 1.807) is 38.4 Å². The number of amides is 2. The molecule has 1 atom stereocenters. The molecule has 0 heterocycles. The number of carbonyl (C=O) groups excluding carboxylic acids is 3. The third-order valence-electron chi connectivity index (χ3n) is 4.26. The van der Waals surface area contributed by atoms with Crippen molar-refractivity contribution in [2.75, 3.05) is 25.2 Å². The molecule has 0 aromatic heterocycles. The number of esters is 1. The average molecular weight is 415 g/mol. The van der Waals surface area contributed by atoms with Crippen molar-refractivity contribution < 1.29 is 19.1 Å². The summed E-state index contributed by atoms with van der Waals surface area (Å²) >= 11 is 1.26. The smallest absolute Gasteiger partial charge is 0.340 e. The zero-order chi connectivity index (χ0) is 21.6. The molecule has 0 bridgehead atoms. The molecule has 0 unspecified atom stereocenters. The highest BCUT2D eigenvalue weighted by molar-refractivity contribution is 8.00. The molecule has 7 heteroatoms. The van der Waals surface area contributed by atoms with Gasteiger partial charge in [0.1, 0.15) is 0 Å². The predicted molar refractivity (Wildman–Crippen MR) is 115 cm³/mol. The Balaban J connectivity index is 2.04. The number of anilines is 1. The quantitative estimate of drug-likeness (QED) is 0.553. The van der Waals surface area contributed by atoms with E-state index in [-0.39, 0.29) is 11.7 Å². The fourth-order valence-corrected chi connectivity index (χ4v) is 3.43. The summed E-state index contributed by atoms with van der Waals surface area (Å²) in [6.07, 6.45) is -0.969. The second kappa shape index (κ2) is 10.1. The largest absolute Gasteiger partial charge is 0.449 e. The minimum absolute atomic E-state index is 0.0561. The van der Waals surface area contributed by atoms with E-state index in [4.69, 9.17) is 4.74 Å². The summed E-state index contributed by atoms with van der Waals surface area (Å²) in [4.78, 5) is 39.0. The van der Waals surface area contributed by atoms with E-state index in [9.17, 15) is 14.4 Å². The van der Waals surface area contributed by atoms with Gasteiger partial charge in [0.05, 0.1) is 11.3 Å². The normalized spacial score (nSPS) is 11.5. The summed E-state index contributed by atoms with van der Waals surface area (Å²) in [5.41, 5.74) is 2.97. The van der Waals surface area contributed by atoms with Crippen molar-refractivity contribution in [2.45, 2.75) is 31.8 Å². The van der Waals surface area contributed by atoms with Crippen molar-refractivity contribution in [3.63, 3.8) is 0 Å². The van der Waals surface area contributed by atoms with Crippen molar-refractivity contribution >= 4 is 35.2 Å².